The molecule has 1 heterocycles. The fourth-order valence-electron chi connectivity index (χ4n) is 1.28. The maximum absolute atomic E-state index is 11.8. The minimum atomic E-state index is 0.0479. The maximum Gasteiger partial charge on any atom is 0.178 e. The molecule has 0 radical (unpaired) electrons. The summed E-state index contributed by atoms with van der Waals surface area (Å²) in [5, 5.41) is 0.604. The first kappa shape index (κ1) is 11.8. The SMILES string of the molecule is O=C(Cc1ccc(Br)cc1Cl)c1cncs1. The number of carbonyl (C=O) groups excluding carboxylic acids is 1. The summed E-state index contributed by atoms with van der Waals surface area (Å²) in [7, 11) is 0. The molecule has 5 heteroatoms. The van der Waals surface area contributed by atoms with Gasteiger partial charge in [-0.05, 0) is 17.7 Å². The van der Waals surface area contributed by atoms with Crippen LogP contribution in [0.4, 0.5) is 0 Å². The maximum atomic E-state index is 11.8. The number of halogens is 2. The van der Waals surface area contributed by atoms with E-state index in [2.05, 4.69) is 20.9 Å². The van der Waals surface area contributed by atoms with Crippen LogP contribution in [-0.2, 0) is 6.42 Å². The third-order valence-electron chi connectivity index (χ3n) is 2.07. The molecular weight excluding hydrogens is 310 g/mol. The highest BCUT2D eigenvalue weighted by Crippen LogP contribution is 2.23. The van der Waals surface area contributed by atoms with Gasteiger partial charge in [-0.2, -0.15) is 0 Å². The lowest BCUT2D eigenvalue weighted by atomic mass is 10.1. The van der Waals surface area contributed by atoms with Crippen molar-refractivity contribution in [1.82, 2.24) is 4.98 Å². The smallest absolute Gasteiger partial charge is 0.178 e. The van der Waals surface area contributed by atoms with E-state index in [4.69, 9.17) is 11.6 Å². The number of nitrogens with zero attached hydrogens (tertiary/aromatic N) is 1. The van der Waals surface area contributed by atoms with Gasteiger partial charge in [-0.1, -0.05) is 33.6 Å². The van der Waals surface area contributed by atoms with Gasteiger partial charge in [0.15, 0.2) is 5.78 Å². The second kappa shape index (κ2) is 5.08. The van der Waals surface area contributed by atoms with Crippen molar-refractivity contribution in [2.45, 2.75) is 6.42 Å². The molecule has 0 saturated carbocycles. The van der Waals surface area contributed by atoms with Gasteiger partial charge in [0.2, 0.25) is 0 Å². The van der Waals surface area contributed by atoms with Gasteiger partial charge < -0.3 is 0 Å². The first-order chi connectivity index (χ1) is 7.66. The molecule has 0 fully saturated rings. The highest BCUT2D eigenvalue weighted by molar-refractivity contribution is 9.10. The fraction of sp³-hybridized carbons (Fsp3) is 0.0909. The third kappa shape index (κ3) is 2.70. The Morgan fingerprint density at radius 1 is 1.50 bits per heavy atom. The molecule has 1 aromatic carbocycles. The van der Waals surface area contributed by atoms with E-state index in [0.717, 1.165) is 10.0 Å². The molecule has 0 aliphatic heterocycles. The molecule has 2 rings (SSSR count). The van der Waals surface area contributed by atoms with Crippen LogP contribution in [-0.4, -0.2) is 10.8 Å². The van der Waals surface area contributed by atoms with Crippen LogP contribution in [0.2, 0.25) is 5.02 Å². The Hall–Kier alpha value is -0.710. The standard InChI is InChI=1S/C11H7BrClNOS/c12-8-2-1-7(9(13)4-8)3-10(15)11-5-14-6-16-11/h1-2,4-6H,3H2. The minimum Gasteiger partial charge on any atom is -0.293 e. The summed E-state index contributed by atoms with van der Waals surface area (Å²) in [5.41, 5.74) is 2.49. The molecular formula is C11H7BrClNOS. The molecule has 0 N–H and O–H groups in total. The van der Waals surface area contributed by atoms with Gasteiger partial charge >= 0.3 is 0 Å². The summed E-state index contributed by atoms with van der Waals surface area (Å²) < 4.78 is 0.909. The van der Waals surface area contributed by atoms with Gasteiger partial charge in [-0.25, -0.2) is 0 Å². The number of ketones is 1. The molecule has 0 amide bonds. The van der Waals surface area contributed by atoms with Crippen LogP contribution in [0.15, 0.2) is 34.4 Å². The van der Waals surface area contributed by atoms with Crippen molar-refractivity contribution in [2.24, 2.45) is 0 Å². The first-order valence-corrected chi connectivity index (χ1v) is 6.57. The summed E-state index contributed by atoms with van der Waals surface area (Å²) in [6.07, 6.45) is 1.90. The van der Waals surface area contributed by atoms with Gasteiger partial charge in [0.1, 0.15) is 0 Å². The first-order valence-electron chi connectivity index (χ1n) is 4.52. The van der Waals surface area contributed by atoms with Gasteiger partial charge in [0.05, 0.1) is 10.4 Å². The molecule has 82 valence electrons. The normalized spacial score (nSPS) is 10.4. The zero-order valence-corrected chi connectivity index (χ0v) is 11.3. The van der Waals surface area contributed by atoms with E-state index in [1.54, 1.807) is 17.8 Å². The van der Waals surface area contributed by atoms with E-state index in [0.29, 0.717) is 16.3 Å². The van der Waals surface area contributed by atoms with Crippen LogP contribution in [0.3, 0.4) is 0 Å². The summed E-state index contributed by atoms with van der Waals surface area (Å²) in [5.74, 6) is 0.0479. The number of hydrogen-bond acceptors (Lipinski definition) is 3. The number of thiazole rings is 1. The van der Waals surface area contributed by atoms with Crippen molar-refractivity contribution < 1.29 is 4.79 Å². The van der Waals surface area contributed by atoms with Crippen molar-refractivity contribution in [3.8, 4) is 0 Å². The highest BCUT2D eigenvalue weighted by Gasteiger charge is 2.11. The van der Waals surface area contributed by atoms with Crippen LogP contribution < -0.4 is 0 Å². The van der Waals surface area contributed by atoms with Gasteiger partial charge in [0, 0.05) is 22.1 Å². The van der Waals surface area contributed by atoms with Crippen LogP contribution >= 0.6 is 38.9 Å². The Balaban J connectivity index is 2.18. The summed E-state index contributed by atoms with van der Waals surface area (Å²) in [6, 6.07) is 5.52. The predicted molar refractivity (Wildman–Crippen MR) is 69.3 cm³/mol. The Labute approximate surface area is 110 Å². The van der Waals surface area contributed by atoms with E-state index in [1.807, 2.05) is 12.1 Å². The lowest BCUT2D eigenvalue weighted by molar-refractivity contribution is 0.0996. The average molecular weight is 317 g/mol. The van der Waals surface area contributed by atoms with Crippen LogP contribution in [0, 0.1) is 0 Å². The number of aromatic nitrogens is 1. The lowest BCUT2D eigenvalue weighted by Gasteiger charge is -2.02. The second-order valence-corrected chi connectivity index (χ2v) is 5.41. The molecule has 1 aromatic heterocycles. The lowest BCUT2D eigenvalue weighted by Crippen LogP contribution is -2.01. The van der Waals surface area contributed by atoms with Gasteiger partial charge in [0.25, 0.3) is 0 Å². The molecule has 2 nitrogen and oxygen atoms in total. The van der Waals surface area contributed by atoms with Crippen LogP contribution in [0.5, 0.6) is 0 Å². The number of rotatable bonds is 3. The van der Waals surface area contributed by atoms with Crippen molar-refractivity contribution >= 4 is 44.7 Å². The van der Waals surface area contributed by atoms with Gasteiger partial charge in [-0.15, -0.1) is 11.3 Å². The largest absolute Gasteiger partial charge is 0.293 e. The molecule has 0 aliphatic rings. The Bertz CT molecular complexity index is 513. The number of carbonyl (C=O) groups is 1. The van der Waals surface area contributed by atoms with Gasteiger partial charge in [-0.3, -0.25) is 9.78 Å². The summed E-state index contributed by atoms with van der Waals surface area (Å²) in [6.45, 7) is 0. The summed E-state index contributed by atoms with van der Waals surface area (Å²) in [4.78, 5) is 16.4. The number of hydrogen-bond donors (Lipinski definition) is 0. The zero-order valence-electron chi connectivity index (χ0n) is 8.11. The minimum absolute atomic E-state index is 0.0479. The quantitative estimate of drug-likeness (QED) is 0.802. The molecule has 0 aliphatic carbocycles. The van der Waals surface area contributed by atoms with E-state index in [1.165, 1.54) is 11.3 Å². The average Bonchev–Trinajstić information content (AvgIpc) is 2.75. The third-order valence-corrected chi connectivity index (χ3v) is 3.73. The molecule has 16 heavy (non-hydrogen) atoms. The molecule has 0 unspecified atom stereocenters. The van der Waals surface area contributed by atoms with E-state index in [9.17, 15) is 4.79 Å². The topological polar surface area (TPSA) is 30.0 Å². The molecule has 0 saturated heterocycles. The van der Waals surface area contributed by atoms with Crippen molar-refractivity contribution in [3.63, 3.8) is 0 Å². The molecule has 0 spiro atoms. The van der Waals surface area contributed by atoms with E-state index >= 15 is 0 Å². The molecule has 0 atom stereocenters. The zero-order chi connectivity index (χ0) is 11.5. The van der Waals surface area contributed by atoms with Crippen molar-refractivity contribution in [2.75, 3.05) is 0 Å². The fourth-order valence-corrected chi connectivity index (χ4v) is 2.58. The second-order valence-electron chi connectivity index (χ2n) is 3.20. The summed E-state index contributed by atoms with van der Waals surface area (Å²) >= 11 is 10.7. The number of Topliss-reactive ketones (excluding diaryl/α,β-unsaturated/α-hetero) is 1. The van der Waals surface area contributed by atoms with Crippen LogP contribution in [0.1, 0.15) is 15.2 Å². The highest BCUT2D eigenvalue weighted by atomic mass is 79.9. The van der Waals surface area contributed by atoms with E-state index < -0.39 is 0 Å². The van der Waals surface area contributed by atoms with Crippen molar-refractivity contribution in [1.29, 1.82) is 0 Å². The Morgan fingerprint density at radius 2 is 2.31 bits per heavy atom. The number of benzene rings is 1. The van der Waals surface area contributed by atoms with Crippen molar-refractivity contribution in [3.05, 3.63) is 49.8 Å². The van der Waals surface area contributed by atoms with Crippen LogP contribution in [0.25, 0.3) is 0 Å². The molecule has 0 bridgehead atoms. The monoisotopic (exact) mass is 315 g/mol. The Morgan fingerprint density at radius 3 is 2.94 bits per heavy atom. The molecule has 2 aromatic rings. The predicted octanol–water partition coefficient (Wildman–Crippen LogP) is 3.98. The Kier molecular flexibility index (Phi) is 3.74. The van der Waals surface area contributed by atoms with E-state index in [-0.39, 0.29) is 5.78 Å².